The fourth-order valence-corrected chi connectivity index (χ4v) is 0.368. The number of hydroxylamine groups is 1. The normalized spacial score (nSPS) is 13.7. The highest BCUT2D eigenvalue weighted by molar-refractivity contribution is 4.47. The topological polar surface area (TPSA) is 41.5 Å². The second kappa shape index (κ2) is 6.01. The lowest BCUT2D eigenvalue weighted by Gasteiger charge is -2.07. The maximum Gasteiger partial charge on any atom is 0.0653 e. The summed E-state index contributed by atoms with van der Waals surface area (Å²) in [6.45, 7) is 5.45. The van der Waals surface area contributed by atoms with Crippen LogP contribution in [0, 0.1) is 5.92 Å². The molecule has 0 aromatic rings. The van der Waals surface area contributed by atoms with Crippen molar-refractivity contribution in [1.82, 2.24) is 5.48 Å². The Morgan fingerprint density at radius 1 is 1.67 bits per heavy atom. The summed E-state index contributed by atoms with van der Waals surface area (Å²) in [6.07, 6.45) is 0. The number of aliphatic hydroxyl groups excluding tert-OH is 1. The first kappa shape index (κ1) is 8.88. The van der Waals surface area contributed by atoms with Gasteiger partial charge in [0.25, 0.3) is 0 Å². The van der Waals surface area contributed by atoms with Gasteiger partial charge in [0.2, 0.25) is 0 Å². The first-order chi connectivity index (χ1) is 4.31. The first-order valence-electron chi connectivity index (χ1n) is 3.26. The van der Waals surface area contributed by atoms with E-state index in [2.05, 4.69) is 5.48 Å². The van der Waals surface area contributed by atoms with Crippen LogP contribution in [0.25, 0.3) is 0 Å². The van der Waals surface area contributed by atoms with Gasteiger partial charge in [-0.3, -0.25) is 0 Å². The molecule has 0 saturated carbocycles. The SMILES string of the molecule is CCONCC(C)CO. The highest BCUT2D eigenvalue weighted by Crippen LogP contribution is 1.87. The summed E-state index contributed by atoms with van der Waals surface area (Å²) in [5, 5.41) is 8.54. The molecule has 0 heterocycles. The first-order valence-corrected chi connectivity index (χ1v) is 3.26. The van der Waals surface area contributed by atoms with E-state index in [1.54, 1.807) is 0 Å². The van der Waals surface area contributed by atoms with Crippen LogP contribution in [0.1, 0.15) is 13.8 Å². The molecule has 0 rings (SSSR count). The predicted octanol–water partition coefficient (Wildman–Crippen LogP) is 0.156. The summed E-state index contributed by atoms with van der Waals surface area (Å²) in [6, 6.07) is 0. The molecule has 0 bridgehead atoms. The zero-order chi connectivity index (χ0) is 7.11. The van der Waals surface area contributed by atoms with Gasteiger partial charge >= 0.3 is 0 Å². The summed E-state index contributed by atoms with van der Waals surface area (Å²) < 4.78 is 0. The zero-order valence-electron chi connectivity index (χ0n) is 6.05. The van der Waals surface area contributed by atoms with Crippen molar-refractivity contribution in [3.05, 3.63) is 0 Å². The van der Waals surface area contributed by atoms with Gasteiger partial charge in [-0.15, -0.1) is 0 Å². The Balaban J connectivity index is 2.88. The van der Waals surface area contributed by atoms with Gasteiger partial charge in [-0.05, 0) is 12.8 Å². The van der Waals surface area contributed by atoms with Crippen LogP contribution in [0.3, 0.4) is 0 Å². The molecule has 1 atom stereocenters. The van der Waals surface area contributed by atoms with E-state index in [4.69, 9.17) is 9.94 Å². The fourth-order valence-electron chi connectivity index (χ4n) is 0.368. The van der Waals surface area contributed by atoms with Crippen LogP contribution in [0.4, 0.5) is 0 Å². The summed E-state index contributed by atoms with van der Waals surface area (Å²) in [5.41, 5.74) is 2.73. The summed E-state index contributed by atoms with van der Waals surface area (Å²) >= 11 is 0. The molecule has 0 radical (unpaired) electrons. The molecule has 3 heteroatoms. The molecule has 0 aliphatic rings. The predicted molar refractivity (Wildman–Crippen MR) is 35.9 cm³/mol. The Bertz CT molecular complexity index is 59.0. The zero-order valence-corrected chi connectivity index (χ0v) is 6.05. The molecule has 0 aromatic carbocycles. The molecule has 56 valence electrons. The van der Waals surface area contributed by atoms with E-state index in [1.165, 1.54) is 0 Å². The number of rotatable bonds is 5. The molecular formula is C6H15NO2. The van der Waals surface area contributed by atoms with Gasteiger partial charge in [0, 0.05) is 13.2 Å². The molecule has 0 aliphatic carbocycles. The van der Waals surface area contributed by atoms with Gasteiger partial charge in [0.05, 0.1) is 6.61 Å². The Labute approximate surface area is 56.0 Å². The molecular weight excluding hydrogens is 118 g/mol. The lowest BCUT2D eigenvalue weighted by molar-refractivity contribution is 0.0370. The Morgan fingerprint density at radius 3 is 2.78 bits per heavy atom. The minimum absolute atomic E-state index is 0.208. The summed E-state index contributed by atoms with van der Waals surface area (Å²) in [7, 11) is 0. The van der Waals surface area contributed by atoms with Crippen LogP contribution < -0.4 is 5.48 Å². The molecule has 0 saturated heterocycles. The van der Waals surface area contributed by atoms with Gasteiger partial charge in [-0.1, -0.05) is 6.92 Å². The number of nitrogens with one attached hydrogen (secondary N) is 1. The van der Waals surface area contributed by atoms with Crippen molar-refractivity contribution in [1.29, 1.82) is 0 Å². The molecule has 3 nitrogen and oxygen atoms in total. The number of aliphatic hydroxyl groups is 1. The van der Waals surface area contributed by atoms with E-state index >= 15 is 0 Å². The third-order valence-electron chi connectivity index (χ3n) is 0.990. The van der Waals surface area contributed by atoms with E-state index in [-0.39, 0.29) is 12.5 Å². The van der Waals surface area contributed by atoms with Crippen molar-refractivity contribution in [3.8, 4) is 0 Å². The third-order valence-corrected chi connectivity index (χ3v) is 0.990. The Hall–Kier alpha value is -0.120. The largest absolute Gasteiger partial charge is 0.396 e. The highest BCUT2D eigenvalue weighted by Gasteiger charge is 1.96. The average molecular weight is 133 g/mol. The molecule has 0 amide bonds. The van der Waals surface area contributed by atoms with Crippen molar-refractivity contribution in [2.45, 2.75) is 13.8 Å². The van der Waals surface area contributed by atoms with Crippen LogP contribution in [0.2, 0.25) is 0 Å². The van der Waals surface area contributed by atoms with Crippen molar-refractivity contribution >= 4 is 0 Å². The smallest absolute Gasteiger partial charge is 0.0653 e. The van der Waals surface area contributed by atoms with Crippen LogP contribution in [-0.4, -0.2) is 24.9 Å². The third kappa shape index (κ3) is 5.76. The average Bonchev–Trinajstić information content (AvgIpc) is 1.89. The van der Waals surface area contributed by atoms with E-state index in [9.17, 15) is 0 Å². The van der Waals surface area contributed by atoms with Crippen molar-refractivity contribution < 1.29 is 9.94 Å². The molecule has 9 heavy (non-hydrogen) atoms. The molecule has 0 aromatic heterocycles. The lowest BCUT2D eigenvalue weighted by atomic mass is 10.2. The summed E-state index contributed by atoms with van der Waals surface area (Å²) in [5.74, 6) is 0.275. The van der Waals surface area contributed by atoms with E-state index in [1.807, 2.05) is 13.8 Å². The van der Waals surface area contributed by atoms with Crippen LogP contribution in [0.5, 0.6) is 0 Å². The van der Waals surface area contributed by atoms with Crippen molar-refractivity contribution in [2.24, 2.45) is 5.92 Å². The molecule has 0 fully saturated rings. The summed E-state index contributed by atoms with van der Waals surface area (Å²) in [4.78, 5) is 4.84. The lowest BCUT2D eigenvalue weighted by Crippen LogP contribution is -2.23. The second-order valence-corrected chi connectivity index (χ2v) is 2.07. The Morgan fingerprint density at radius 2 is 2.33 bits per heavy atom. The molecule has 1 unspecified atom stereocenters. The monoisotopic (exact) mass is 133 g/mol. The molecule has 2 N–H and O–H groups in total. The van der Waals surface area contributed by atoms with Gasteiger partial charge in [0.1, 0.15) is 0 Å². The quantitative estimate of drug-likeness (QED) is 0.414. The van der Waals surface area contributed by atoms with E-state index in [0.29, 0.717) is 13.2 Å². The van der Waals surface area contributed by atoms with E-state index in [0.717, 1.165) is 0 Å². The van der Waals surface area contributed by atoms with Gasteiger partial charge < -0.3 is 9.94 Å². The van der Waals surface area contributed by atoms with Crippen LogP contribution in [0.15, 0.2) is 0 Å². The van der Waals surface area contributed by atoms with Crippen molar-refractivity contribution in [3.63, 3.8) is 0 Å². The molecule has 0 aliphatic heterocycles. The molecule has 0 spiro atoms. The maximum atomic E-state index is 8.54. The van der Waals surface area contributed by atoms with Gasteiger partial charge in [-0.25, -0.2) is 5.48 Å². The Kier molecular flexibility index (Phi) is 5.93. The standard InChI is InChI=1S/C6H15NO2/c1-3-9-7-4-6(2)5-8/h6-8H,3-5H2,1-2H3. The number of hydrogen-bond donors (Lipinski definition) is 2. The second-order valence-electron chi connectivity index (χ2n) is 2.07. The highest BCUT2D eigenvalue weighted by atomic mass is 16.6. The minimum Gasteiger partial charge on any atom is -0.396 e. The maximum absolute atomic E-state index is 8.54. The van der Waals surface area contributed by atoms with Crippen LogP contribution >= 0.6 is 0 Å². The minimum atomic E-state index is 0.208. The van der Waals surface area contributed by atoms with Gasteiger partial charge in [0.15, 0.2) is 0 Å². The van der Waals surface area contributed by atoms with Gasteiger partial charge in [-0.2, -0.15) is 0 Å². The van der Waals surface area contributed by atoms with Crippen LogP contribution in [-0.2, 0) is 4.84 Å². The fraction of sp³-hybridized carbons (Fsp3) is 1.00. The number of hydrogen-bond acceptors (Lipinski definition) is 3. The van der Waals surface area contributed by atoms with E-state index < -0.39 is 0 Å². The van der Waals surface area contributed by atoms with Crippen molar-refractivity contribution in [2.75, 3.05) is 19.8 Å².